The molecule has 0 saturated carbocycles. The molecule has 1 aliphatic rings. The summed E-state index contributed by atoms with van der Waals surface area (Å²) in [7, 11) is 0. The minimum absolute atomic E-state index is 0.164. The molecule has 120 valence electrons. The molecule has 0 aromatic heterocycles. The Morgan fingerprint density at radius 1 is 1.22 bits per heavy atom. The SMILES string of the molecule is C[C@H](Nc1cccc2ccccc12)C(=O)N1CCC[C@@H]1C(=O)O. The maximum atomic E-state index is 12.6. The van der Waals surface area contributed by atoms with Gasteiger partial charge in [0.05, 0.1) is 0 Å². The molecule has 1 heterocycles. The van der Waals surface area contributed by atoms with E-state index in [1.807, 2.05) is 42.5 Å². The lowest BCUT2D eigenvalue weighted by atomic mass is 10.1. The summed E-state index contributed by atoms with van der Waals surface area (Å²) in [6, 6.07) is 12.7. The molecule has 23 heavy (non-hydrogen) atoms. The zero-order chi connectivity index (χ0) is 16.4. The molecule has 0 aliphatic carbocycles. The van der Waals surface area contributed by atoms with E-state index in [4.69, 9.17) is 0 Å². The third-order valence-electron chi connectivity index (χ3n) is 4.35. The van der Waals surface area contributed by atoms with E-state index >= 15 is 0 Å². The quantitative estimate of drug-likeness (QED) is 0.911. The normalized spacial score (nSPS) is 18.8. The first kappa shape index (κ1) is 15.3. The lowest BCUT2D eigenvalue weighted by Gasteiger charge is -2.26. The topological polar surface area (TPSA) is 69.6 Å². The Bertz CT molecular complexity index is 739. The number of fused-ring (bicyclic) bond motifs is 1. The fraction of sp³-hybridized carbons (Fsp3) is 0.333. The van der Waals surface area contributed by atoms with Crippen molar-refractivity contribution in [1.82, 2.24) is 4.90 Å². The number of nitrogens with zero attached hydrogens (tertiary/aromatic N) is 1. The van der Waals surface area contributed by atoms with Crippen molar-refractivity contribution in [1.29, 1.82) is 0 Å². The van der Waals surface area contributed by atoms with E-state index in [1.54, 1.807) is 6.92 Å². The van der Waals surface area contributed by atoms with Gasteiger partial charge in [-0.15, -0.1) is 0 Å². The van der Waals surface area contributed by atoms with Crippen molar-refractivity contribution >= 4 is 28.3 Å². The molecule has 2 aromatic carbocycles. The Balaban J connectivity index is 1.79. The first-order valence-corrected chi connectivity index (χ1v) is 7.85. The molecule has 1 amide bonds. The number of aliphatic carboxylic acids is 1. The van der Waals surface area contributed by atoms with Crippen molar-refractivity contribution < 1.29 is 14.7 Å². The fourth-order valence-corrected chi connectivity index (χ4v) is 3.18. The number of carbonyl (C=O) groups excluding carboxylic acids is 1. The molecule has 1 saturated heterocycles. The van der Waals surface area contributed by atoms with E-state index in [1.165, 1.54) is 4.90 Å². The molecular weight excluding hydrogens is 292 g/mol. The van der Waals surface area contributed by atoms with Gasteiger partial charge in [-0.2, -0.15) is 0 Å². The van der Waals surface area contributed by atoms with Gasteiger partial charge in [-0.3, -0.25) is 4.79 Å². The van der Waals surface area contributed by atoms with Crippen LogP contribution in [0.25, 0.3) is 10.8 Å². The lowest BCUT2D eigenvalue weighted by molar-refractivity contribution is -0.148. The number of nitrogens with one attached hydrogen (secondary N) is 1. The van der Waals surface area contributed by atoms with Crippen LogP contribution in [-0.2, 0) is 9.59 Å². The molecule has 1 fully saturated rings. The number of likely N-dealkylation sites (tertiary alicyclic amines) is 1. The van der Waals surface area contributed by atoms with Crippen molar-refractivity contribution in [2.75, 3.05) is 11.9 Å². The number of rotatable bonds is 4. The van der Waals surface area contributed by atoms with Crippen molar-refractivity contribution in [3.05, 3.63) is 42.5 Å². The van der Waals surface area contributed by atoms with Gasteiger partial charge in [0.25, 0.3) is 0 Å². The molecule has 0 spiro atoms. The average molecular weight is 312 g/mol. The van der Waals surface area contributed by atoms with Crippen LogP contribution in [0.4, 0.5) is 5.69 Å². The minimum Gasteiger partial charge on any atom is -0.480 e. The molecule has 0 unspecified atom stereocenters. The number of carbonyl (C=O) groups is 2. The number of carboxylic acids is 1. The molecule has 2 atom stereocenters. The monoisotopic (exact) mass is 312 g/mol. The predicted octanol–water partition coefficient (Wildman–Crippen LogP) is 2.72. The van der Waals surface area contributed by atoms with Gasteiger partial charge >= 0.3 is 5.97 Å². The predicted molar refractivity (Wildman–Crippen MR) is 89.4 cm³/mol. The van der Waals surface area contributed by atoms with E-state index in [0.717, 1.165) is 22.9 Å². The highest BCUT2D eigenvalue weighted by molar-refractivity contribution is 5.96. The van der Waals surface area contributed by atoms with Crippen molar-refractivity contribution in [2.24, 2.45) is 0 Å². The molecule has 1 aliphatic heterocycles. The van der Waals surface area contributed by atoms with E-state index in [0.29, 0.717) is 13.0 Å². The summed E-state index contributed by atoms with van der Waals surface area (Å²) in [6.45, 7) is 2.29. The second-order valence-corrected chi connectivity index (χ2v) is 5.92. The Kier molecular flexibility index (Phi) is 4.19. The summed E-state index contributed by atoms with van der Waals surface area (Å²) in [4.78, 5) is 25.3. The summed E-state index contributed by atoms with van der Waals surface area (Å²) in [5, 5.41) is 14.6. The highest BCUT2D eigenvalue weighted by atomic mass is 16.4. The summed E-state index contributed by atoms with van der Waals surface area (Å²) in [6.07, 6.45) is 1.27. The van der Waals surface area contributed by atoms with Gasteiger partial charge in [0.1, 0.15) is 12.1 Å². The zero-order valence-electron chi connectivity index (χ0n) is 13.0. The van der Waals surface area contributed by atoms with Gasteiger partial charge in [0.2, 0.25) is 5.91 Å². The second-order valence-electron chi connectivity index (χ2n) is 5.92. The Morgan fingerprint density at radius 3 is 2.74 bits per heavy atom. The molecular formula is C18H20N2O3. The van der Waals surface area contributed by atoms with E-state index in [2.05, 4.69) is 5.32 Å². The van der Waals surface area contributed by atoms with Crippen LogP contribution >= 0.6 is 0 Å². The van der Waals surface area contributed by atoms with Crippen LogP contribution in [0.1, 0.15) is 19.8 Å². The van der Waals surface area contributed by atoms with Gasteiger partial charge in [-0.1, -0.05) is 36.4 Å². The molecule has 5 nitrogen and oxygen atoms in total. The maximum Gasteiger partial charge on any atom is 0.326 e. The minimum atomic E-state index is -0.923. The number of anilines is 1. The van der Waals surface area contributed by atoms with Crippen LogP contribution in [0.5, 0.6) is 0 Å². The average Bonchev–Trinajstić information content (AvgIpc) is 3.04. The first-order chi connectivity index (χ1) is 11.1. The number of benzene rings is 2. The second kappa shape index (κ2) is 6.28. The van der Waals surface area contributed by atoms with E-state index < -0.39 is 18.1 Å². The third kappa shape index (κ3) is 2.99. The standard InChI is InChI=1S/C18H20N2O3/c1-12(17(21)20-11-5-10-16(20)18(22)23)19-15-9-4-7-13-6-2-3-8-14(13)15/h2-4,6-9,12,16,19H,5,10-11H2,1H3,(H,22,23)/t12-,16+/m0/s1. The highest BCUT2D eigenvalue weighted by Gasteiger charge is 2.35. The smallest absolute Gasteiger partial charge is 0.326 e. The number of carboxylic acid groups (broad SMARTS) is 1. The lowest BCUT2D eigenvalue weighted by Crippen LogP contribution is -2.46. The summed E-state index contributed by atoms with van der Waals surface area (Å²) >= 11 is 0. The van der Waals surface area contributed by atoms with E-state index in [9.17, 15) is 14.7 Å². The highest BCUT2D eigenvalue weighted by Crippen LogP contribution is 2.25. The Morgan fingerprint density at radius 2 is 1.96 bits per heavy atom. The maximum absolute atomic E-state index is 12.6. The van der Waals surface area contributed by atoms with E-state index in [-0.39, 0.29) is 5.91 Å². The molecule has 3 rings (SSSR count). The third-order valence-corrected chi connectivity index (χ3v) is 4.35. The first-order valence-electron chi connectivity index (χ1n) is 7.85. The van der Waals surface area contributed by atoms with Gasteiger partial charge in [-0.05, 0) is 31.2 Å². The number of amides is 1. The van der Waals surface area contributed by atoms with Crippen LogP contribution in [0, 0.1) is 0 Å². The van der Waals surface area contributed by atoms with Crippen LogP contribution < -0.4 is 5.32 Å². The summed E-state index contributed by atoms with van der Waals surface area (Å²) in [5.41, 5.74) is 0.884. The van der Waals surface area contributed by atoms with Crippen LogP contribution in [0.15, 0.2) is 42.5 Å². The fourth-order valence-electron chi connectivity index (χ4n) is 3.18. The summed E-state index contributed by atoms with van der Waals surface area (Å²) < 4.78 is 0. The van der Waals surface area contributed by atoms with Crippen LogP contribution in [0.2, 0.25) is 0 Å². The Hall–Kier alpha value is -2.56. The molecule has 2 N–H and O–H groups in total. The molecule has 0 bridgehead atoms. The summed E-state index contributed by atoms with van der Waals surface area (Å²) in [5.74, 6) is -1.09. The molecule has 0 radical (unpaired) electrons. The van der Waals surface area contributed by atoms with Crippen LogP contribution in [0.3, 0.4) is 0 Å². The molecule has 5 heteroatoms. The zero-order valence-corrected chi connectivity index (χ0v) is 13.0. The van der Waals surface area contributed by atoms with Gasteiger partial charge in [0, 0.05) is 17.6 Å². The van der Waals surface area contributed by atoms with Gasteiger partial charge in [0.15, 0.2) is 0 Å². The Labute approximate surface area is 134 Å². The number of hydrogen-bond acceptors (Lipinski definition) is 3. The van der Waals surface area contributed by atoms with Crippen LogP contribution in [-0.4, -0.2) is 40.5 Å². The van der Waals surface area contributed by atoms with Gasteiger partial charge < -0.3 is 15.3 Å². The number of hydrogen-bond donors (Lipinski definition) is 2. The van der Waals surface area contributed by atoms with Crippen molar-refractivity contribution in [3.63, 3.8) is 0 Å². The van der Waals surface area contributed by atoms with Crippen molar-refractivity contribution in [3.8, 4) is 0 Å². The molecule has 2 aromatic rings. The largest absolute Gasteiger partial charge is 0.480 e. The van der Waals surface area contributed by atoms with Gasteiger partial charge in [-0.25, -0.2) is 4.79 Å². The van der Waals surface area contributed by atoms with Crippen molar-refractivity contribution in [2.45, 2.75) is 31.8 Å².